The van der Waals surface area contributed by atoms with Crippen LogP contribution in [0.4, 0.5) is 0 Å². The van der Waals surface area contributed by atoms with E-state index in [1.165, 1.54) is 148 Å². The maximum atomic E-state index is 12.9. The minimum atomic E-state index is -0.786. The highest BCUT2D eigenvalue weighted by Crippen LogP contribution is 2.16. The summed E-state index contributed by atoms with van der Waals surface area (Å²) in [6, 6.07) is 0. The van der Waals surface area contributed by atoms with E-state index in [0.29, 0.717) is 19.3 Å². The number of hydrogen-bond acceptors (Lipinski definition) is 6. The van der Waals surface area contributed by atoms with Crippen LogP contribution in [-0.4, -0.2) is 37.2 Å². The van der Waals surface area contributed by atoms with Gasteiger partial charge in [0.2, 0.25) is 0 Å². The first-order valence-corrected chi connectivity index (χ1v) is 29.9. The first-order valence-electron chi connectivity index (χ1n) is 29.9. The van der Waals surface area contributed by atoms with Crippen molar-refractivity contribution in [2.24, 2.45) is 0 Å². The maximum Gasteiger partial charge on any atom is 0.306 e. The van der Waals surface area contributed by atoms with E-state index in [0.717, 1.165) is 109 Å². The number of ether oxygens (including phenoxy) is 3. The Bertz CT molecular complexity index is 1310. The Kier molecular flexibility index (Phi) is 55.8. The quantitative estimate of drug-likeness (QED) is 0.0261. The van der Waals surface area contributed by atoms with Gasteiger partial charge in [0, 0.05) is 19.3 Å². The van der Waals surface area contributed by atoms with Crippen LogP contribution in [0.3, 0.4) is 0 Å². The van der Waals surface area contributed by atoms with Crippen molar-refractivity contribution in [3.05, 3.63) is 72.9 Å². The third-order valence-corrected chi connectivity index (χ3v) is 12.9. The Balaban J connectivity index is 4.40. The van der Waals surface area contributed by atoms with Crippen molar-refractivity contribution in [2.45, 2.75) is 303 Å². The Hall–Kier alpha value is -3.15. The summed E-state index contributed by atoms with van der Waals surface area (Å²) >= 11 is 0. The van der Waals surface area contributed by atoms with Crippen molar-refractivity contribution >= 4 is 17.9 Å². The number of esters is 3. The minimum absolute atomic E-state index is 0.0852. The van der Waals surface area contributed by atoms with Gasteiger partial charge >= 0.3 is 17.9 Å². The molecule has 0 radical (unpaired) electrons. The summed E-state index contributed by atoms with van der Waals surface area (Å²) in [6.07, 6.45) is 74.6. The zero-order valence-electron chi connectivity index (χ0n) is 46.3. The number of unbranched alkanes of at least 4 members (excludes halogenated alkanes) is 31. The normalized spacial score (nSPS) is 12.6. The fourth-order valence-corrected chi connectivity index (χ4v) is 8.47. The van der Waals surface area contributed by atoms with E-state index in [-0.39, 0.29) is 31.1 Å². The predicted octanol–water partition coefficient (Wildman–Crippen LogP) is 20.2. The molecule has 0 spiro atoms. The van der Waals surface area contributed by atoms with E-state index in [4.69, 9.17) is 14.2 Å². The highest BCUT2D eigenvalue weighted by atomic mass is 16.6. The minimum Gasteiger partial charge on any atom is -0.462 e. The molecule has 0 saturated heterocycles. The summed E-state index contributed by atoms with van der Waals surface area (Å²) in [6.45, 7) is 6.51. The lowest BCUT2D eigenvalue weighted by molar-refractivity contribution is -0.167. The lowest BCUT2D eigenvalue weighted by atomic mass is 10.0. The lowest BCUT2D eigenvalue weighted by Gasteiger charge is -2.18. The van der Waals surface area contributed by atoms with Gasteiger partial charge in [0.1, 0.15) is 13.2 Å². The van der Waals surface area contributed by atoms with Gasteiger partial charge in [-0.05, 0) is 89.9 Å². The van der Waals surface area contributed by atoms with E-state index < -0.39 is 6.10 Å². The second kappa shape index (κ2) is 58.4. The van der Waals surface area contributed by atoms with Gasteiger partial charge in [-0.25, -0.2) is 0 Å². The highest BCUT2D eigenvalue weighted by Gasteiger charge is 2.19. The molecule has 0 aliphatic carbocycles. The van der Waals surface area contributed by atoms with Crippen LogP contribution < -0.4 is 0 Å². The zero-order chi connectivity index (χ0) is 50.7. The van der Waals surface area contributed by atoms with Gasteiger partial charge in [-0.2, -0.15) is 0 Å². The summed E-state index contributed by atoms with van der Waals surface area (Å²) < 4.78 is 16.9. The monoisotopic (exact) mass is 977 g/mol. The third kappa shape index (κ3) is 55.8. The maximum absolute atomic E-state index is 12.9. The summed E-state index contributed by atoms with van der Waals surface area (Å²) in [4.78, 5) is 38.2. The van der Waals surface area contributed by atoms with Crippen molar-refractivity contribution in [2.75, 3.05) is 13.2 Å². The SMILES string of the molecule is CC/C=C\C/C=C\C/C=C\C/C=C\CCCCCCCCC(=O)OCC(COC(=O)CCCCCCC/C=C\C/C=C\CCCCC)OC(=O)CCCCCCCCCCCCCCCCCCCC. The van der Waals surface area contributed by atoms with Gasteiger partial charge < -0.3 is 14.2 Å². The molecule has 0 aromatic rings. The molecule has 6 nitrogen and oxygen atoms in total. The average Bonchev–Trinajstić information content (AvgIpc) is 3.36. The Morgan fingerprint density at radius 2 is 0.557 bits per heavy atom. The number of carbonyl (C=O) groups excluding carboxylic acids is 3. The van der Waals surface area contributed by atoms with Gasteiger partial charge in [0.15, 0.2) is 6.10 Å². The zero-order valence-corrected chi connectivity index (χ0v) is 46.3. The molecule has 6 heteroatoms. The molecule has 0 rings (SSSR count). The van der Waals surface area contributed by atoms with Crippen LogP contribution in [0.15, 0.2) is 72.9 Å². The molecular formula is C64H112O6. The predicted molar refractivity (Wildman–Crippen MR) is 302 cm³/mol. The lowest BCUT2D eigenvalue weighted by Crippen LogP contribution is -2.30. The van der Waals surface area contributed by atoms with Gasteiger partial charge in [-0.1, -0.05) is 261 Å². The van der Waals surface area contributed by atoms with Crippen LogP contribution in [0.5, 0.6) is 0 Å². The number of allylic oxidation sites excluding steroid dienone is 12. The molecule has 0 aliphatic heterocycles. The Labute approximate surface area is 433 Å². The molecule has 0 aromatic carbocycles. The number of carbonyl (C=O) groups is 3. The first-order chi connectivity index (χ1) is 34.5. The molecule has 0 aromatic heterocycles. The Morgan fingerprint density at radius 1 is 0.300 bits per heavy atom. The third-order valence-electron chi connectivity index (χ3n) is 12.9. The second-order valence-electron chi connectivity index (χ2n) is 19.9. The van der Waals surface area contributed by atoms with Crippen molar-refractivity contribution < 1.29 is 28.6 Å². The summed E-state index contributed by atoms with van der Waals surface area (Å²) in [5.41, 5.74) is 0. The van der Waals surface area contributed by atoms with Crippen LogP contribution in [0, 0.1) is 0 Å². The molecule has 1 atom stereocenters. The average molecular weight is 978 g/mol. The Morgan fingerprint density at radius 3 is 0.900 bits per heavy atom. The van der Waals surface area contributed by atoms with E-state index in [1.54, 1.807) is 0 Å². The topological polar surface area (TPSA) is 78.9 Å². The van der Waals surface area contributed by atoms with E-state index in [9.17, 15) is 14.4 Å². The first kappa shape index (κ1) is 66.9. The van der Waals surface area contributed by atoms with E-state index in [2.05, 4.69) is 93.7 Å². The fourth-order valence-electron chi connectivity index (χ4n) is 8.47. The van der Waals surface area contributed by atoms with Gasteiger partial charge in [-0.3, -0.25) is 14.4 Å². The van der Waals surface area contributed by atoms with E-state index in [1.807, 2.05) is 0 Å². The standard InChI is InChI=1S/C64H112O6/c1-4-7-10-13-16-19-22-25-28-30-32-34-36-39-42-45-48-51-54-57-63(66)69-60-61(59-68-62(65)56-53-50-47-44-41-38-35-27-24-21-18-15-12-9-6-3)70-64(67)58-55-52-49-46-43-40-37-33-31-29-26-23-20-17-14-11-8-5-2/h7,10,16,18-19,21,25,27-28,32,34-35,61H,4-6,8-9,11-15,17,20,22-24,26,29-31,33,36-60H2,1-3H3/b10-7-,19-16-,21-18-,28-25-,34-32-,35-27-. The molecule has 0 bridgehead atoms. The van der Waals surface area contributed by atoms with Crippen LogP contribution >= 0.6 is 0 Å². The van der Waals surface area contributed by atoms with Gasteiger partial charge in [0.05, 0.1) is 0 Å². The summed E-state index contributed by atoms with van der Waals surface area (Å²) in [5.74, 6) is -0.898. The van der Waals surface area contributed by atoms with Crippen LogP contribution in [0.2, 0.25) is 0 Å². The number of rotatable bonds is 54. The highest BCUT2D eigenvalue weighted by molar-refractivity contribution is 5.71. The molecule has 0 amide bonds. The van der Waals surface area contributed by atoms with Gasteiger partial charge in [-0.15, -0.1) is 0 Å². The summed E-state index contributed by atoms with van der Waals surface area (Å²) in [7, 11) is 0. The second-order valence-corrected chi connectivity index (χ2v) is 19.9. The van der Waals surface area contributed by atoms with Crippen molar-refractivity contribution in [3.8, 4) is 0 Å². The molecule has 0 N–H and O–H groups in total. The molecular weight excluding hydrogens is 865 g/mol. The number of hydrogen-bond donors (Lipinski definition) is 0. The fraction of sp³-hybridized carbons (Fsp3) is 0.766. The largest absolute Gasteiger partial charge is 0.462 e. The molecule has 70 heavy (non-hydrogen) atoms. The molecule has 0 saturated carbocycles. The summed E-state index contributed by atoms with van der Waals surface area (Å²) in [5, 5.41) is 0. The van der Waals surface area contributed by atoms with E-state index >= 15 is 0 Å². The molecule has 0 fully saturated rings. The van der Waals surface area contributed by atoms with Crippen molar-refractivity contribution in [1.29, 1.82) is 0 Å². The van der Waals surface area contributed by atoms with Crippen LogP contribution in [-0.2, 0) is 28.6 Å². The molecule has 404 valence electrons. The molecule has 1 unspecified atom stereocenters. The van der Waals surface area contributed by atoms with Crippen molar-refractivity contribution in [3.63, 3.8) is 0 Å². The smallest absolute Gasteiger partial charge is 0.306 e. The van der Waals surface area contributed by atoms with Crippen LogP contribution in [0.1, 0.15) is 297 Å². The van der Waals surface area contributed by atoms with Crippen molar-refractivity contribution in [1.82, 2.24) is 0 Å². The molecule has 0 aliphatic rings. The molecule has 0 heterocycles. The van der Waals surface area contributed by atoms with Gasteiger partial charge in [0.25, 0.3) is 0 Å². The van der Waals surface area contributed by atoms with Crippen LogP contribution in [0.25, 0.3) is 0 Å².